The van der Waals surface area contributed by atoms with Crippen LogP contribution in [0.25, 0.3) is 0 Å². The number of rotatable bonds is 4. The molecule has 0 heterocycles. The van der Waals surface area contributed by atoms with Crippen molar-refractivity contribution in [2.75, 3.05) is 0 Å². The van der Waals surface area contributed by atoms with Crippen LogP contribution >= 0.6 is 0 Å². The van der Waals surface area contributed by atoms with E-state index in [1.54, 1.807) is 0 Å². The van der Waals surface area contributed by atoms with E-state index in [2.05, 4.69) is 32.9 Å². The summed E-state index contributed by atoms with van der Waals surface area (Å²) < 4.78 is 5.36. The number of esters is 1. The average Bonchev–Trinajstić information content (AvgIpc) is 2.27. The van der Waals surface area contributed by atoms with Crippen LogP contribution in [0.2, 0.25) is 0 Å². The molecule has 0 radical (unpaired) electrons. The van der Waals surface area contributed by atoms with Gasteiger partial charge in [-0.2, -0.15) is 0 Å². The SMILES string of the molecule is CC1=CCCC(C)(C)[C@H]1/C=C/[C@H](C)OC(=O)C(C)C. The lowest BCUT2D eigenvalue weighted by atomic mass is 9.68. The van der Waals surface area contributed by atoms with E-state index in [1.165, 1.54) is 18.4 Å². The minimum atomic E-state index is -0.152. The summed E-state index contributed by atoms with van der Waals surface area (Å²) in [6.07, 6.45) is 8.78. The third kappa shape index (κ3) is 4.52. The third-order valence-corrected chi connectivity index (χ3v) is 3.94. The average molecular weight is 264 g/mol. The van der Waals surface area contributed by atoms with Crippen molar-refractivity contribution >= 4 is 5.97 Å². The Morgan fingerprint density at radius 1 is 1.42 bits per heavy atom. The molecule has 0 aromatic heterocycles. The van der Waals surface area contributed by atoms with Crippen molar-refractivity contribution in [3.63, 3.8) is 0 Å². The molecule has 0 bridgehead atoms. The summed E-state index contributed by atoms with van der Waals surface area (Å²) in [6, 6.07) is 0. The molecular weight excluding hydrogens is 236 g/mol. The fourth-order valence-electron chi connectivity index (χ4n) is 2.61. The van der Waals surface area contributed by atoms with Gasteiger partial charge in [0.05, 0.1) is 5.92 Å². The first-order chi connectivity index (χ1) is 8.74. The molecule has 2 nitrogen and oxygen atoms in total. The Balaban J connectivity index is 2.67. The van der Waals surface area contributed by atoms with Gasteiger partial charge in [-0.1, -0.05) is 45.4 Å². The van der Waals surface area contributed by atoms with Gasteiger partial charge in [-0.15, -0.1) is 0 Å². The molecule has 1 aliphatic carbocycles. The van der Waals surface area contributed by atoms with Gasteiger partial charge in [0.25, 0.3) is 0 Å². The highest BCUT2D eigenvalue weighted by atomic mass is 16.5. The summed E-state index contributed by atoms with van der Waals surface area (Å²) in [7, 11) is 0. The predicted octanol–water partition coefficient (Wildman–Crippen LogP) is 4.51. The van der Waals surface area contributed by atoms with Crippen LogP contribution < -0.4 is 0 Å². The van der Waals surface area contributed by atoms with E-state index < -0.39 is 0 Å². The monoisotopic (exact) mass is 264 g/mol. The second kappa shape index (κ2) is 6.40. The molecule has 1 rings (SSSR count). The molecule has 2 heteroatoms. The first kappa shape index (κ1) is 16.0. The quantitative estimate of drug-likeness (QED) is 0.551. The van der Waals surface area contributed by atoms with Crippen molar-refractivity contribution < 1.29 is 9.53 Å². The van der Waals surface area contributed by atoms with E-state index in [9.17, 15) is 4.79 Å². The largest absolute Gasteiger partial charge is 0.458 e. The maximum Gasteiger partial charge on any atom is 0.308 e. The second-order valence-electron chi connectivity index (χ2n) is 6.63. The van der Waals surface area contributed by atoms with Crippen LogP contribution in [-0.4, -0.2) is 12.1 Å². The zero-order chi connectivity index (χ0) is 14.6. The normalized spacial score (nSPS) is 24.4. The highest BCUT2D eigenvalue weighted by Crippen LogP contribution is 2.41. The summed E-state index contributed by atoms with van der Waals surface area (Å²) in [5.74, 6) is 0.248. The van der Waals surface area contributed by atoms with E-state index in [1.807, 2.05) is 26.8 Å². The number of carbonyl (C=O) groups excluding carboxylic acids is 1. The van der Waals surface area contributed by atoms with Gasteiger partial charge in [-0.25, -0.2) is 0 Å². The lowest BCUT2D eigenvalue weighted by molar-refractivity contribution is -0.149. The number of allylic oxidation sites excluding steroid dienone is 3. The molecule has 0 spiro atoms. The van der Waals surface area contributed by atoms with Crippen LogP contribution in [-0.2, 0) is 9.53 Å². The molecule has 0 aromatic carbocycles. The van der Waals surface area contributed by atoms with Crippen LogP contribution in [0.15, 0.2) is 23.8 Å². The number of ether oxygens (including phenoxy) is 1. The highest BCUT2D eigenvalue weighted by molar-refractivity contribution is 5.71. The zero-order valence-corrected chi connectivity index (χ0v) is 13.2. The van der Waals surface area contributed by atoms with Gasteiger partial charge in [0.1, 0.15) is 6.10 Å². The van der Waals surface area contributed by atoms with Gasteiger partial charge < -0.3 is 4.74 Å². The highest BCUT2D eigenvalue weighted by Gasteiger charge is 2.30. The molecule has 0 saturated carbocycles. The van der Waals surface area contributed by atoms with Crippen molar-refractivity contribution in [2.24, 2.45) is 17.3 Å². The molecule has 2 atom stereocenters. The molecule has 0 amide bonds. The van der Waals surface area contributed by atoms with Crippen molar-refractivity contribution in [2.45, 2.75) is 60.5 Å². The van der Waals surface area contributed by atoms with Gasteiger partial charge in [0, 0.05) is 5.92 Å². The van der Waals surface area contributed by atoms with Gasteiger partial charge in [-0.3, -0.25) is 4.79 Å². The topological polar surface area (TPSA) is 26.3 Å². The molecule has 0 unspecified atom stereocenters. The van der Waals surface area contributed by atoms with Crippen LogP contribution in [0.1, 0.15) is 54.4 Å². The second-order valence-corrected chi connectivity index (χ2v) is 6.63. The van der Waals surface area contributed by atoms with Crippen molar-refractivity contribution in [1.82, 2.24) is 0 Å². The zero-order valence-electron chi connectivity index (χ0n) is 13.2. The maximum atomic E-state index is 11.5. The lowest BCUT2D eigenvalue weighted by Crippen LogP contribution is -2.26. The fourth-order valence-corrected chi connectivity index (χ4v) is 2.61. The third-order valence-electron chi connectivity index (χ3n) is 3.94. The van der Waals surface area contributed by atoms with E-state index in [0.29, 0.717) is 5.92 Å². The Bertz CT molecular complexity index is 375. The summed E-state index contributed by atoms with van der Waals surface area (Å²) in [5.41, 5.74) is 1.71. The molecule has 0 fully saturated rings. The molecule has 0 saturated heterocycles. The minimum Gasteiger partial charge on any atom is -0.458 e. The van der Waals surface area contributed by atoms with E-state index in [-0.39, 0.29) is 23.4 Å². The molecule has 0 aliphatic heterocycles. The van der Waals surface area contributed by atoms with Crippen molar-refractivity contribution in [1.29, 1.82) is 0 Å². The minimum absolute atomic E-state index is 0.0661. The van der Waals surface area contributed by atoms with Gasteiger partial charge in [0.2, 0.25) is 0 Å². The first-order valence-corrected chi connectivity index (χ1v) is 7.29. The molecule has 0 N–H and O–H groups in total. The predicted molar refractivity (Wildman–Crippen MR) is 79.8 cm³/mol. The smallest absolute Gasteiger partial charge is 0.308 e. The Morgan fingerprint density at radius 2 is 2.05 bits per heavy atom. The summed E-state index contributed by atoms with van der Waals surface area (Å²) >= 11 is 0. The van der Waals surface area contributed by atoms with Crippen molar-refractivity contribution in [3.8, 4) is 0 Å². The summed E-state index contributed by atoms with van der Waals surface area (Å²) in [5, 5.41) is 0. The Labute approximate surface area is 117 Å². The molecule has 1 aliphatic rings. The number of carbonyl (C=O) groups is 1. The molecule has 19 heavy (non-hydrogen) atoms. The van der Waals surface area contributed by atoms with Crippen molar-refractivity contribution in [3.05, 3.63) is 23.8 Å². The molecule has 0 aromatic rings. The van der Waals surface area contributed by atoms with E-state index in [0.717, 1.165) is 0 Å². The summed E-state index contributed by atoms with van der Waals surface area (Å²) in [6.45, 7) is 12.4. The van der Waals surface area contributed by atoms with Crippen LogP contribution in [0.4, 0.5) is 0 Å². The lowest BCUT2D eigenvalue weighted by Gasteiger charge is -2.36. The van der Waals surface area contributed by atoms with Gasteiger partial charge in [-0.05, 0) is 38.2 Å². The maximum absolute atomic E-state index is 11.5. The molecular formula is C17H28O2. The van der Waals surface area contributed by atoms with E-state index in [4.69, 9.17) is 4.74 Å². The molecule has 108 valence electrons. The summed E-state index contributed by atoms with van der Waals surface area (Å²) in [4.78, 5) is 11.5. The van der Waals surface area contributed by atoms with Gasteiger partial charge in [0.15, 0.2) is 0 Å². The fraction of sp³-hybridized carbons (Fsp3) is 0.706. The van der Waals surface area contributed by atoms with Crippen LogP contribution in [0.5, 0.6) is 0 Å². The Morgan fingerprint density at radius 3 is 2.58 bits per heavy atom. The first-order valence-electron chi connectivity index (χ1n) is 7.29. The number of hydrogen-bond acceptors (Lipinski definition) is 2. The van der Waals surface area contributed by atoms with Crippen LogP contribution in [0, 0.1) is 17.3 Å². The van der Waals surface area contributed by atoms with Gasteiger partial charge >= 0.3 is 5.97 Å². The Hall–Kier alpha value is -1.05. The van der Waals surface area contributed by atoms with Crippen LogP contribution in [0.3, 0.4) is 0 Å². The standard InChI is InChI=1S/C17H28O2/c1-12(2)16(18)19-14(4)9-10-15-13(3)8-7-11-17(15,5)6/h8-10,12,14-15H,7,11H2,1-6H3/b10-9+/t14-,15-/m0/s1. The van der Waals surface area contributed by atoms with E-state index >= 15 is 0 Å². The Kier molecular flexibility index (Phi) is 5.39. The number of hydrogen-bond donors (Lipinski definition) is 0.